The van der Waals surface area contributed by atoms with Crippen LogP contribution in [-0.4, -0.2) is 87.0 Å². The number of aryl methyl sites for hydroxylation is 1. The number of ether oxygens (including phenoxy) is 1. The van der Waals surface area contributed by atoms with E-state index in [2.05, 4.69) is 59.3 Å². The maximum absolute atomic E-state index is 13.2. The van der Waals surface area contributed by atoms with E-state index in [0.29, 0.717) is 17.8 Å². The smallest absolute Gasteiger partial charge is 0.333 e. The molecule has 4 unspecified atom stereocenters. The molecule has 1 saturated carbocycles. The predicted octanol–water partition coefficient (Wildman–Crippen LogP) is 5.59. The Morgan fingerprint density at radius 1 is 0.750 bits per heavy atom. The first-order valence-electron chi connectivity index (χ1n) is 21.9. The van der Waals surface area contributed by atoms with Crippen molar-refractivity contribution in [2.24, 2.45) is 0 Å². The van der Waals surface area contributed by atoms with Gasteiger partial charge in [-0.3, -0.25) is 24.0 Å². The summed E-state index contributed by atoms with van der Waals surface area (Å²) in [6, 6.07) is 5.03. The molecule has 1 aromatic heterocycles. The van der Waals surface area contributed by atoms with Gasteiger partial charge in [0.05, 0.1) is 31.2 Å². The maximum atomic E-state index is 13.2. The summed E-state index contributed by atoms with van der Waals surface area (Å²) < 4.78 is 7.28. The number of nitrogens with zero attached hydrogens (tertiary/aromatic N) is 2. The molecule has 15 heteroatoms. The van der Waals surface area contributed by atoms with Gasteiger partial charge in [0.1, 0.15) is 11.6 Å². The Morgan fingerprint density at radius 3 is 1.78 bits per heavy atom. The van der Waals surface area contributed by atoms with Gasteiger partial charge >= 0.3 is 5.97 Å². The summed E-state index contributed by atoms with van der Waals surface area (Å²) in [7, 11) is 0. The molecule has 1 heterocycles. The lowest BCUT2D eigenvalue weighted by atomic mass is 10.0. The van der Waals surface area contributed by atoms with Crippen LogP contribution in [0.15, 0.2) is 42.9 Å². The predicted molar refractivity (Wildman–Crippen MR) is 235 cm³/mol. The molecule has 0 radical (unpaired) electrons. The third-order valence-electron chi connectivity index (χ3n) is 8.62. The molecular formula is C45H77N7O8. The number of rotatable bonds is 18. The van der Waals surface area contributed by atoms with Crippen molar-refractivity contribution in [3.8, 4) is 0 Å². The fraction of sp³-hybridized carbons (Fsp3) is 0.667. The molecule has 5 amide bonds. The zero-order valence-electron chi connectivity index (χ0n) is 38.2. The largest absolute Gasteiger partial charge is 0.458 e. The minimum absolute atomic E-state index is 0.00538. The number of carbonyl (C=O) groups excluding carboxylic acids is 6. The average molecular weight is 844 g/mol. The molecule has 60 heavy (non-hydrogen) atoms. The molecule has 6 N–H and O–H groups in total. The van der Waals surface area contributed by atoms with Gasteiger partial charge in [-0.1, -0.05) is 130 Å². The van der Waals surface area contributed by atoms with E-state index in [-0.39, 0.29) is 25.3 Å². The summed E-state index contributed by atoms with van der Waals surface area (Å²) >= 11 is 0. The molecule has 1 aliphatic rings. The summed E-state index contributed by atoms with van der Waals surface area (Å²) in [5.41, 5.74) is 0.190. The van der Waals surface area contributed by atoms with E-state index >= 15 is 0 Å². The van der Waals surface area contributed by atoms with Crippen LogP contribution >= 0.6 is 0 Å². The van der Waals surface area contributed by atoms with Crippen molar-refractivity contribution in [1.82, 2.24) is 36.1 Å². The normalized spacial score (nSPS) is 13.9. The summed E-state index contributed by atoms with van der Waals surface area (Å²) in [5, 5.41) is 23.0. The van der Waals surface area contributed by atoms with Crippen LogP contribution in [0.2, 0.25) is 0 Å². The van der Waals surface area contributed by atoms with Crippen molar-refractivity contribution in [2.45, 2.75) is 183 Å². The van der Waals surface area contributed by atoms with Crippen LogP contribution in [0, 0.1) is 0 Å². The number of unbranched alkanes of at least 4 members (excludes halogenated alkanes) is 1. The molecule has 1 aromatic carbocycles. The number of hydrogen-bond donors (Lipinski definition) is 6. The lowest BCUT2D eigenvalue weighted by Gasteiger charge is -2.25. The van der Waals surface area contributed by atoms with Gasteiger partial charge < -0.3 is 41.0 Å². The highest BCUT2D eigenvalue weighted by molar-refractivity contribution is 5.92. The molecule has 2 aromatic rings. The quantitative estimate of drug-likeness (QED) is 0.103. The molecule has 1 fully saturated rings. The second-order valence-corrected chi connectivity index (χ2v) is 15.8. The van der Waals surface area contributed by atoms with Gasteiger partial charge in [0.2, 0.25) is 23.6 Å². The van der Waals surface area contributed by atoms with Crippen LogP contribution in [0.3, 0.4) is 0 Å². The van der Waals surface area contributed by atoms with Gasteiger partial charge in [-0.15, -0.1) is 0 Å². The van der Waals surface area contributed by atoms with Crippen LogP contribution in [-0.2, 0) is 46.5 Å². The second kappa shape index (κ2) is 32.0. The topological polar surface area (TPSA) is 210 Å². The number of amides is 5. The Bertz CT molecular complexity index is 1510. The Labute approximate surface area is 359 Å². The number of hydrogen-bond acceptors (Lipinski definition) is 9. The Kier molecular flexibility index (Phi) is 29.5. The molecule has 0 aliphatic heterocycles. The number of aliphatic hydroxyl groups excluding tert-OH is 1. The second-order valence-electron chi connectivity index (χ2n) is 15.8. The van der Waals surface area contributed by atoms with Gasteiger partial charge in [-0.05, 0) is 39.7 Å². The molecular weight excluding hydrogens is 767 g/mol. The number of aliphatic hydroxyl groups is 1. The first kappa shape index (κ1) is 55.2. The number of nitrogens with one attached hydrogen (secondary N) is 5. The van der Waals surface area contributed by atoms with E-state index in [1.807, 2.05) is 11.5 Å². The zero-order valence-corrected chi connectivity index (χ0v) is 38.2. The fourth-order valence-electron chi connectivity index (χ4n) is 5.32. The van der Waals surface area contributed by atoms with Crippen LogP contribution in [0.25, 0.3) is 0 Å². The van der Waals surface area contributed by atoms with Crippen molar-refractivity contribution in [1.29, 1.82) is 0 Å². The highest BCUT2D eigenvalue weighted by Gasteiger charge is 2.31. The van der Waals surface area contributed by atoms with Crippen LogP contribution < -0.4 is 26.6 Å². The minimum Gasteiger partial charge on any atom is -0.458 e. The van der Waals surface area contributed by atoms with E-state index in [4.69, 9.17) is 4.74 Å². The van der Waals surface area contributed by atoms with Gasteiger partial charge in [-0.2, -0.15) is 0 Å². The Balaban J connectivity index is 0.00000230. The van der Waals surface area contributed by atoms with Crippen molar-refractivity contribution >= 4 is 35.5 Å². The molecule has 15 nitrogen and oxygen atoms in total. The number of aromatic nitrogens is 2. The summed E-state index contributed by atoms with van der Waals surface area (Å²) in [5.74, 6) is -4.02. The first-order chi connectivity index (χ1) is 28.5. The van der Waals surface area contributed by atoms with E-state index < -0.39 is 66.0 Å². The highest BCUT2D eigenvalue weighted by Crippen LogP contribution is 2.19. The molecule has 0 saturated heterocycles. The van der Waals surface area contributed by atoms with Gasteiger partial charge in [0, 0.05) is 25.6 Å². The van der Waals surface area contributed by atoms with Gasteiger partial charge in [-0.25, -0.2) is 9.78 Å². The molecule has 1 aliphatic carbocycles. The van der Waals surface area contributed by atoms with E-state index in [9.17, 15) is 33.9 Å². The number of carbonyl (C=O) groups is 6. The van der Waals surface area contributed by atoms with Crippen molar-refractivity contribution in [3.05, 3.63) is 54.1 Å². The fourth-order valence-corrected chi connectivity index (χ4v) is 5.32. The third-order valence-corrected chi connectivity index (χ3v) is 8.62. The maximum Gasteiger partial charge on any atom is 0.333 e. The van der Waals surface area contributed by atoms with Gasteiger partial charge in [0.25, 0.3) is 5.91 Å². The number of imidazole rings is 1. The first-order valence-corrected chi connectivity index (χ1v) is 21.9. The van der Waals surface area contributed by atoms with E-state index in [1.165, 1.54) is 64.7 Å². The monoisotopic (exact) mass is 844 g/mol. The molecule has 340 valence electrons. The highest BCUT2D eigenvalue weighted by atomic mass is 16.6. The number of benzene rings is 1. The molecule has 0 spiro atoms. The molecule has 3 rings (SSSR count). The molecule has 0 bridgehead atoms. The Morgan fingerprint density at radius 2 is 1.28 bits per heavy atom. The summed E-state index contributed by atoms with van der Waals surface area (Å²) in [6.45, 7) is 18.5. The Hall–Kier alpha value is -4.79. The van der Waals surface area contributed by atoms with E-state index in [1.54, 1.807) is 70.6 Å². The number of esters is 1. The van der Waals surface area contributed by atoms with Gasteiger partial charge in [0.15, 0.2) is 12.1 Å². The van der Waals surface area contributed by atoms with Crippen LogP contribution in [0.4, 0.5) is 0 Å². The lowest BCUT2D eigenvalue weighted by molar-refractivity contribution is -0.158. The van der Waals surface area contributed by atoms with Crippen LogP contribution in [0.1, 0.15) is 157 Å². The summed E-state index contributed by atoms with van der Waals surface area (Å²) in [4.78, 5) is 79.9. The zero-order chi connectivity index (χ0) is 45.5. The third kappa shape index (κ3) is 25.6. The van der Waals surface area contributed by atoms with Crippen molar-refractivity contribution < 1.29 is 38.6 Å². The molecule has 4 atom stereocenters. The van der Waals surface area contributed by atoms with Crippen molar-refractivity contribution in [2.75, 3.05) is 13.1 Å². The van der Waals surface area contributed by atoms with E-state index in [0.717, 1.165) is 6.42 Å². The standard InChI is InChI=1S/C32H47N7O8.C6H12.C4H10.C3H8/c1-7-14-39-18-22(35-19-39)15-23(37-25(41)16-33-24(40)8-2)29(44)36-20(3)28(43)30(45)34-17-26(42)38-27(21-12-10-9-11-13-21)31(46)47-32(4,5)6;1-2-4-6-5-3-1;1-3-4-2;1-3-2/h9-13,18-20,23,27-28,43H,7-8,14-17H2,1-6H3,(H,33,40)(H,34,45)(H,36,44)(H,37,41)(H,38,42);1-6H2;3-4H2,1-2H3;3H2,1-2H3. The average Bonchev–Trinajstić information content (AvgIpc) is 3.67. The van der Waals surface area contributed by atoms with Crippen molar-refractivity contribution in [3.63, 3.8) is 0 Å². The summed E-state index contributed by atoms with van der Waals surface area (Å²) in [6.07, 6.45) is 15.5. The SMILES string of the molecule is C1CCCCC1.CCC.CCCC.CCCn1cnc(CC(NC(=O)CNC(=O)CC)C(=O)NC(C)C(O)C(=O)NCC(=O)NC(C(=O)OC(C)(C)C)c2ccccc2)c1. The lowest BCUT2D eigenvalue weighted by Crippen LogP contribution is -2.56. The van der Waals surface area contributed by atoms with Crippen LogP contribution in [0.5, 0.6) is 0 Å². The minimum atomic E-state index is -1.77.